The first-order chi connectivity index (χ1) is 10.7. The van der Waals surface area contributed by atoms with E-state index in [1.54, 1.807) is 23.0 Å². The Kier molecular flexibility index (Phi) is 3.14. The first kappa shape index (κ1) is 13.4. The van der Waals surface area contributed by atoms with Gasteiger partial charge in [0.1, 0.15) is 12.1 Å². The number of aromatic nitrogens is 4. The molecule has 108 valence electrons. The lowest BCUT2D eigenvalue weighted by Gasteiger charge is -2.00. The highest BCUT2D eigenvalue weighted by Gasteiger charge is 2.13. The van der Waals surface area contributed by atoms with Gasteiger partial charge in [0.05, 0.1) is 23.0 Å². The van der Waals surface area contributed by atoms with Gasteiger partial charge in [0.25, 0.3) is 0 Å². The molecule has 0 aliphatic carbocycles. The van der Waals surface area contributed by atoms with Crippen molar-refractivity contribution in [2.45, 2.75) is 0 Å². The highest BCUT2D eigenvalue weighted by Crippen LogP contribution is 2.28. The second-order valence-corrected chi connectivity index (χ2v) is 5.70. The SMILES string of the molecule is Fc1ccc(-n2cc(-c3ncnc4oc(I)cc34)cn2)cc1. The number of rotatable bonds is 2. The minimum atomic E-state index is -0.276. The number of hydrogen-bond acceptors (Lipinski definition) is 4. The highest BCUT2D eigenvalue weighted by atomic mass is 127. The zero-order chi connectivity index (χ0) is 15.1. The molecule has 0 amide bonds. The van der Waals surface area contributed by atoms with Gasteiger partial charge in [-0.15, -0.1) is 0 Å². The molecule has 4 aromatic rings. The maximum Gasteiger partial charge on any atom is 0.231 e. The van der Waals surface area contributed by atoms with E-state index in [1.165, 1.54) is 18.5 Å². The van der Waals surface area contributed by atoms with Crippen molar-refractivity contribution in [1.29, 1.82) is 0 Å². The van der Waals surface area contributed by atoms with Crippen molar-refractivity contribution < 1.29 is 8.81 Å². The van der Waals surface area contributed by atoms with Crippen molar-refractivity contribution >= 4 is 33.7 Å². The predicted molar refractivity (Wildman–Crippen MR) is 87.0 cm³/mol. The number of nitrogens with zero attached hydrogens (tertiary/aromatic N) is 4. The molecule has 0 atom stereocenters. The Morgan fingerprint density at radius 1 is 1.14 bits per heavy atom. The van der Waals surface area contributed by atoms with E-state index in [0.29, 0.717) is 5.71 Å². The van der Waals surface area contributed by atoms with Gasteiger partial charge in [0.2, 0.25) is 5.71 Å². The van der Waals surface area contributed by atoms with Crippen LogP contribution in [0.4, 0.5) is 4.39 Å². The molecular weight excluding hydrogens is 398 g/mol. The molecule has 0 bridgehead atoms. The van der Waals surface area contributed by atoms with Crippen LogP contribution in [0.5, 0.6) is 0 Å². The third-order valence-electron chi connectivity index (χ3n) is 3.25. The second kappa shape index (κ2) is 5.16. The Labute approximate surface area is 137 Å². The summed E-state index contributed by atoms with van der Waals surface area (Å²) < 4.78 is 20.9. The molecule has 3 heterocycles. The monoisotopic (exact) mass is 406 g/mol. The standard InChI is InChI=1S/C15H8FIN4O/c16-10-1-3-11(4-2-10)21-7-9(6-20-21)14-12-5-13(17)22-15(12)19-8-18-14/h1-8H. The van der Waals surface area contributed by atoms with Crippen LogP contribution in [-0.2, 0) is 0 Å². The van der Waals surface area contributed by atoms with Crippen LogP contribution in [0.1, 0.15) is 0 Å². The maximum atomic E-state index is 13.0. The van der Waals surface area contributed by atoms with Gasteiger partial charge < -0.3 is 4.42 Å². The van der Waals surface area contributed by atoms with Crippen LogP contribution < -0.4 is 0 Å². The molecular formula is C15H8FIN4O. The van der Waals surface area contributed by atoms with E-state index in [4.69, 9.17) is 4.42 Å². The first-order valence-corrected chi connectivity index (χ1v) is 7.49. The molecule has 0 spiro atoms. The van der Waals surface area contributed by atoms with Crippen LogP contribution in [0.15, 0.2) is 53.5 Å². The average Bonchev–Trinajstić information content (AvgIpc) is 3.13. The van der Waals surface area contributed by atoms with E-state index in [9.17, 15) is 4.39 Å². The van der Waals surface area contributed by atoms with E-state index in [2.05, 4.69) is 37.7 Å². The zero-order valence-corrected chi connectivity index (χ0v) is 13.2. The quantitative estimate of drug-likeness (QED) is 0.475. The summed E-state index contributed by atoms with van der Waals surface area (Å²) in [6.45, 7) is 0. The normalized spacial score (nSPS) is 11.2. The topological polar surface area (TPSA) is 56.7 Å². The van der Waals surface area contributed by atoms with Crippen molar-refractivity contribution in [3.05, 3.63) is 58.6 Å². The van der Waals surface area contributed by atoms with E-state index in [-0.39, 0.29) is 5.82 Å². The van der Waals surface area contributed by atoms with Crippen molar-refractivity contribution in [2.24, 2.45) is 0 Å². The fourth-order valence-electron chi connectivity index (χ4n) is 2.24. The molecule has 0 radical (unpaired) electrons. The Balaban J connectivity index is 1.81. The Bertz CT molecular complexity index is 961. The molecule has 0 saturated carbocycles. The van der Waals surface area contributed by atoms with Crippen molar-refractivity contribution in [3.63, 3.8) is 0 Å². The summed E-state index contributed by atoms with van der Waals surface area (Å²) in [6, 6.07) is 8.03. The van der Waals surface area contributed by atoms with Gasteiger partial charge in [0.15, 0.2) is 3.77 Å². The summed E-state index contributed by atoms with van der Waals surface area (Å²) in [4.78, 5) is 8.44. The van der Waals surface area contributed by atoms with Gasteiger partial charge in [-0.05, 0) is 46.9 Å². The molecule has 0 fully saturated rings. The second-order valence-electron chi connectivity index (χ2n) is 4.64. The molecule has 0 aliphatic rings. The van der Waals surface area contributed by atoms with Crippen LogP contribution in [0, 0.1) is 9.58 Å². The minimum absolute atomic E-state index is 0.276. The summed E-state index contributed by atoms with van der Waals surface area (Å²) in [5.74, 6) is -0.276. The van der Waals surface area contributed by atoms with E-state index >= 15 is 0 Å². The van der Waals surface area contributed by atoms with Crippen LogP contribution in [0.3, 0.4) is 0 Å². The first-order valence-electron chi connectivity index (χ1n) is 6.42. The average molecular weight is 406 g/mol. The van der Waals surface area contributed by atoms with Crippen molar-refractivity contribution in [2.75, 3.05) is 0 Å². The van der Waals surface area contributed by atoms with Gasteiger partial charge in [-0.25, -0.2) is 19.0 Å². The largest absolute Gasteiger partial charge is 0.432 e. The van der Waals surface area contributed by atoms with Crippen LogP contribution >= 0.6 is 22.6 Å². The molecule has 7 heteroatoms. The maximum absolute atomic E-state index is 13.0. The molecule has 0 N–H and O–H groups in total. The summed E-state index contributed by atoms with van der Waals surface area (Å²) in [5.41, 5.74) is 2.92. The molecule has 0 unspecified atom stereocenters. The fraction of sp³-hybridized carbons (Fsp3) is 0. The lowest BCUT2D eigenvalue weighted by Crippen LogP contribution is -1.93. The summed E-state index contributed by atoms with van der Waals surface area (Å²) in [7, 11) is 0. The molecule has 22 heavy (non-hydrogen) atoms. The number of fused-ring (bicyclic) bond motifs is 1. The van der Waals surface area contributed by atoms with E-state index in [0.717, 1.165) is 26.1 Å². The van der Waals surface area contributed by atoms with Crippen LogP contribution in [-0.4, -0.2) is 19.7 Å². The number of halogens is 2. The van der Waals surface area contributed by atoms with Crippen molar-refractivity contribution in [3.8, 4) is 16.9 Å². The van der Waals surface area contributed by atoms with Gasteiger partial charge in [-0.3, -0.25) is 0 Å². The summed E-state index contributed by atoms with van der Waals surface area (Å²) in [6.07, 6.45) is 5.02. The molecule has 4 rings (SSSR count). The number of furan rings is 1. The summed E-state index contributed by atoms with van der Waals surface area (Å²) >= 11 is 2.10. The predicted octanol–water partition coefficient (Wildman–Crippen LogP) is 3.82. The third-order valence-corrected chi connectivity index (χ3v) is 3.78. The lowest BCUT2D eigenvalue weighted by molar-refractivity contribution is 0.572. The molecule has 5 nitrogen and oxygen atoms in total. The molecule has 1 aromatic carbocycles. The Morgan fingerprint density at radius 2 is 1.95 bits per heavy atom. The van der Waals surface area contributed by atoms with Crippen molar-refractivity contribution in [1.82, 2.24) is 19.7 Å². The van der Waals surface area contributed by atoms with Gasteiger partial charge >= 0.3 is 0 Å². The highest BCUT2D eigenvalue weighted by molar-refractivity contribution is 14.1. The molecule has 0 aliphatic heterocycles. The molecule has 3 aromatic heterocycles. The Hall–Kier alpha value is -2.29. The van der Waals surface area contributed by atoms with Crippen LogP contribution in [0.25, 0.3) is 28.0 Å². The molecule has 0 saturated heterocycles. The fourth-order valence-corrected chi connectivity index (χ4v) is 2.76. The van der Waals surface area contributed by atoms with Crippen LogP contribution in [0.2, 0.25) is 0 Å². The number of benzene rings is 1. The van der Waals surface area contributed by atoms with Gasteiger partial charge in [0, 0.05) is 17.8 Å². The van der Waals surface area contributed by atoms with Gasteiger partial charge in [-0.2, -0.15) is 5.10 Å². The minimum Gasteiger partial charge on any atom is -0.432 e. The number of hydrogen-bond donors (Lipinski definition) is 0. The van der Waals surface area contributed by atoms with E-state index in [1.807, 2.05) is 12.3 Å². The smallest absolute Gasteiger partial charge is 0.231 e. The zero-order valence-electron chi connectivity index (χ0n) is 11.1. The van der Waals surface area contributed by atoms with E-state index < -0.39 is 0 Å². The Morgan fingerprint density at radius 3 is 2.77 bits per heavy atom. The lowest BCUT2D eigenvalue weighted by atomic mass is 10.2. The summed E-state index contributed by atoms with van der Waals surface area (Å²) in [5, 5.41) is 5.15. The van der Waals surface area contributed by atoms with Gasteiger partial charge in [-0.1, -0.05) is 0 Å². The third kappa shape index (κ3) is 2.27.